The minimum Gasteiger partial charge on any atom is -0.497 e. The number of hydrogen-bond acceptors (Lipinski definition) is 5. The Morgan fingerprint density at radius 1 is 1.30 bits per heavy atom. The summed E-state index contributed by atoms with van der Waals surface area (Å²) in [6.45, 7) is 0.102. The molecule has 1 aliphatic rings. The molecule has 1 saturated heterocycles. The summed E-state index contributed by atoms with van der Waals surface area (Å²) in [6, 6.07) is 14.5. The maximum Gasteiger partial charge on any atom is 0.417 e. The van der Waals surface area contributed by atoms with E-state index >= 15 is 0 Å². The summed E-state index contributed by atoms with van der Waals surface area (Å²) in [4.78, 5) is 29.0. The quantitative estimate of drug-likeness (QED) is 0.442. The first-order valence-electron chi connectivity index (χ1n) is 8.36. The van der Waals surface area contributed by atoms with Crippen molar-refractivity contribution in [1.82, 2.24) is 4.90 Å². The number of benzene rings is 2. The van der Waals surface area contributed by atoms with Crippen molar-refractivity contribution in [2.75, 3.05) is 13.7 Å². The second kappa shape index (κ2) is 8.25. The Balaban J connectivity index is 1.86. The van der Waals surface area contributed by atoms with Crippen molar-refractivity contribution in [1.29, 1.82) is 0 Å². The fourth-order valence-electron chi connectivity index (χ4n) is 3.00. The molecule has 8 heteroatoms. The molecule has 2 amide bonds. The third-order valence-corrected chi connectivity index (χ3v) is 4.35. The van der Waals surface area contributed by atoms with E-state index in [2.05, 4.69) is 10.0 Å². The number of rotatable bonds is 6. The molecule has 2 aromatic rings. The number of nitrogens with zero attached hydrogens (tertiary/aromatic N) is 4. The van der Waals surface area contributed by atoms with E-state index in [-0.39, 0.29) is 6.61 Å². The molecule has 1 heterocycles. The zero-order chi connectivity index (χ0) is 19.2. The molecule has 0 aliphatic carbocycles. The van der Waals surface area contributed by atoms with Crippen molar-refractivity contribution in [3.63, 3.8) is 0 Å². The van der Waals surface area contributed by atoms with E-state index in [0.717, 1.165) is 10.5 Å². The van der Waals surface area contributed by atoms with Crippen LogP contribution in [0.1, 0.15) is 17.2 Å². The average molecular weight is 366 g/mol. The van der Waals surface area contributed by atoms with Crippen LogP contribution in [0, 0.1) is 0 Å². The smallest absolute Gasteiger partial charge is 0.417 e. The van der Waals surface area contributed by atoms with Crippen molar-refractivity contribution < 1.29 is 19.1 Å². The maximum atomic E-state index is 13.0. The largest absolute Gasteiger partial charge is 0.497 e. The zero-order valence-corrected chi connectivity index (χ0v) is 14.7. The van der Waals surface area contributed by atoms with Crippen LogP contribution >= 0.6 is 0 Å². The van der Waals surface area contributed by atoms with Crippen molar-refractivity contribution >= 4 is 12.0 Å². The van der Waals surface area contributed by atoms with E-state index in [9.17, 15) is 9.59 Å². The number of cyclic esters (lactones) is 1. The predicted octanol–water partition coefficient (Wildman–Crippen LogP) is 3.64. The lowest BCUT2D eigenvalue weighted by Crippen LogP contribution is -2.42. The number of carbonyl (C=O) groups excluding carboxylic acids is 2. The number of imide groups is 1. The number of carbonyl (C=O) groups is 2. The highest BCUT2D eigenvalue weighted by atomic mass is 16.6. The van der Waals surface area contributed by atoms with Gasteiger partial charge in [-0.2, -0.15) is 0 Å². The Morgan fingerprint density at radius 2 is 2.00 bits per heavy atom. The second-order valence-electron chi connectivity index (χ2n) is 6.01. The van der Waals surface area contributed by atoms with E-state index in [1.165, 1.54) is 7.11 Å². The molecule has 3 rings (SSSR count). The molecule has 0 saturated carbocycles. The Morgan fingerprint density at radius 3 is 2.63 bits per heavy atom. The van der Waals surface area contributed by atoms with Gasteiger partial charge in [0.05, 0.1) is 13.2 Å². The first-order valence-corrected chi connectivity index (χ1v) is 8.36. The SMILES string of the molecule is COc1ccc([C@H](N=[N+]=[N-])C(=O)N2C(=O)OC[C@@H]2Cc2ccccc2)cc1. The van der Waals surface area contributed by atoms with E-state index in [1.54, 1.807) is 24.3 Å². The molecule has 8 nitrogen and oxygen atoms in total. The summed E-state index contributed by atoms with van der Waals surface area (Å²) in [5.41, 5.74) is 10.3. The van der Waals surface area contributed by atoms with Gasteiger partial charge in [0.25, 0.3) is 0 Å². The Labute approximate surface area is 155 Å². The topological polar surface area (TPSA) is 105 Å². The van der Waals surface area contributed by atoms with E-state index < -0.39 is 24.1 Å². The van der Waals surface area contributed by atoms with Crippen LogP contribution in [-0.4, -0.2) is 36.7 Å². The van der Waals surface area contributed by atoms with Crippen LogP contribution in [0.4, 0.5) is 4.79 Å². The Kier molecular flexibility index (Phi) is 5.58. The normalized spacial score (nSPS) is 17.0. The van der Waals surface area contributed by atoms with Gasteiger partial charge in [0, 0.05) is 4.91 Å². The molecular weight excluding hydrogens is 348 g/mol. The van der Waals surface area contributed by atoms with Crippen LogP contribution in [-0.2, 0) is 16.0 Å². The minimum absolute atomic E-state index is 0.102. The zero-order valence-electron chi connectivity index (χ0n) is 14.7. The standard InChI is InChI=1S/C19H18N4O4/c1-26-16-9-7-14(8-10-16)17(21-22-20)18(24)23-15(12-27-19(23)25)11-13-5-3-2-4-6-13/h2-10,15,17H,11-12H2,1H3/t15-,17-/m0/s1. The lowest BCUT2D eigenvalue weighted by Gasteiger charge is -2.23. The number of hydrogen-bond donors (Lipinski definition) is 0. The molecule has 1 aliphatic heterocycles. The molecule has 0 spiro atoms. The number of azide groups is 1. The van der Waals surface area contributed by atoms with Gasteiger partial charge >= 0.3 is 6.09 Å². The van der Waals surface area contributed by atoms with Gasteiger partial charge in [-0.25, -0.2) is 9.69 Å². The molecule has 138 valence electrons. The summed E-state index contributed by atoms with van der Waals surface area (Å²) in [7, 11) is 1.53. The molecule has 2 atom stereocenters. The van der Waals surface area contributed by atoms with Gasteiger partial charge in [0.15, 0.2) is 0 Å². The third-order valence-electron chi connectivity index (χ3n) is 4.35. The number of ether oxygens (including phenoxy) is 2. The van der Waals surface area contributed by atoms with Gasteiger partial charge in [-0.15, -0.1) is 0 Å². The molecule has 0 radical (unpaired) electrons. The summed E-state index contributed by atoms with van der Waals surface area (Å²) >= 11 is 0. The molecule has 0 aromatic heterocycles. The van der Waals surface area contributed by atoms with Crippen LogP contribution < -0.4 is 4.74 Å². The minimum atomic E-state index is -1.16. The number of methoxy groups -OCH3 is 1. The molecule has 27 heavy (non-hydrogen) atoms. The van der Waals surface area contributed by atoms with Gasteiger partial charge in [0.2, 0.25) is 5.91 Å². The summed E-state index contributed by atoms with van der Waals surface area (Å²) < 4.78 is 10.2. The fourth-order valence-corrected chi connectivity index (χ4v) is 3.00. The van der Waals surface area contributed by atoms with Crippen molar-refractivity contribution in [3.05, 3.63) is 76.2 Å². The van der Waals surface area contributed by atoms with Gasteiger partial charge < -0.3 is 9.47 Å². The van der Waals surface area contributed by atoms with E-state index in [0.29, 0.717) is 17.7 Å². The third kappa shape index (κ3) is 4.02. The highest BCUT2D eigenvalue weighted by molar-refractivity contribution is 5.97. The van der Waals surface area contributed by atoms with E-state index in [1.807, 2.05) is 30.3 Å². The molecule has 0 bridgehead atoms. The van der Waals surface area contributed by atoms with Crippen molar-refractivity contribution in [2.45, 2.75) is 18.5 Å². The first kappa shape index (κ1) is 18.3. The molecule has 0 N–H and O–H groups in total. The number of amides is 2. The van der Waals surface area contributed by atoms with Gasteiger partial charge in [-0.3, -0.25) is 4.79 Å². The monoisotopic (exact) mass is 366 g/mol. The Bertz CT molecular complexity index is 863. The van der Waals surface area contributed by atoms with Gasteiger partial charge in [0.1, 0.15) is 18.4 Å². The highest BCUT2D eigenvalue weighted by Gasteiger charge is 2.41. The molecule has 2 aromatic carbocycles. The summed E-state index contributed by atoms with van der Waals surface area (Å²) in [5.74, 6) is -0.00480. The first-order chi connectivity index (χ1) is 13.1. The lowest BCUT2D eigenvalue weighted by molar-refractivity contribution is -0.130. The summed E-state index contributed by atoms with van der Waals surface area (Å²) in [5, 5.41) is 3.61. The van der Waals surface area contributed by atoms with Crippen LogP contribution in [0.15, 0.2) is 59.7 Å². The lowest BCUT2D eigenvalue weighted by atomic mass is 10.0. The maximum absolute atomic E-state index is 13.0. The Hall–Kier alpha value is -3.51. The average Bonchev–Trinajstić information content (AvgIpc) is 3.06. The van der Waals surface area contributed by atoms with Crippen LogP contribution in [0.3, 0.4) is 0 Å². The van der Waals surface area contributed by atoms with Crippen LogP contribution in [0.5, 0.6) is 5.75 Å². The van der Waals surface area contributed by atoms with Gasteiger partial charge in [-0.05, 0) is 35.2 Å². The highest BCUT2D eigenvalue weighted by Crippen LogP contribution is 2.27. The van der Waals surface area contributed by atoms with Crippen molar-refractivity contribution in [3.8, 4) is 5.75 Å². The summed E-state index contributed by atoms with van der Waals surface area (Å²) in [6.07, 6.45) is -0.267. The van der Waals surface area contributed by atoms with Crippen molar-refractivity contribution in [2.24, 2.45) is 5.11 Å². The molecular formula is C19H18N4O4. The molecule has 0 unspecified atom stereocenters. The fraction of sp³-hybridized carbons (Fsp3) is 0.263. The molecule has 1 fully saturated rings. The van der Waals surface area contributed by atoms with E-state index in [4.69, 9.17) is 15.0 Å². The van der Waals surface area contributed by atoms with Crippen LogP contribution in [0.25, 0.3) is 10.4 Å². The second-order valence-corrected chi connectivity index (χ2v) is 6.01. The predicted molar refractivity (Wildman–Crippen MR) is 97.0 cm³/mol. The van der Waals surface area contributed by atoms with Crippen LogP contribution in [0.2, 0.25) is 0 Å². The van der Waals surface area contributed by atoms with Gasteiger partial charge in [-0.1, -0.05) is 47.6 Å².